The number of H-pyrrole nitrogens is 1. The molecule has 1 unspecified atom stereocenters. The predicted octanol–water partition coefficient (Wildman–Crippen LogP) is 5.47. The number of fused-ring (bicyclic) bond motifs is 5. The van der Waals surface area contributed by atoms with E-state index in [1.165, 1.54) is 16.2 Å². The maximum Gasteiger partial charge on any atom is 0.255 e. The smallest absolute Gasteiger partial charge is 0.255 e. The molecule has 14 heteroatoms. The zero-order valence-electron chi connectivity index (χ0n) is 36.5. The van der Waals surface area contributed by atoms with Crippen LogP contribution in [0.2, 0.25) is 0 Å². The van der Waals surface area contributed by atoms with Gasteiger partial charge in [0.05, 0.1) is 31.8 Å². The van der Waals surface area contributed by atoms with E-state index in [4.69, 9.17) is 11.3 Å². The fourth-order valence-electron chi connectivity index (χ4n) is 10.5. The number of hydrogen-bond donors (Lipinski definition) is 3. The Kier molecular flexibility index (Phi) is 11.6. The Balaban J connectivity index is 0.710. The number of ether oxygens (including phenoxy) is 1. The van der Waals surface area contributed by atoms with E-state index >= 15 is 0 Å². The second-order valence-corrected chi connectivity index (χ2v) is 18.2. The summed E-state index contributed by atoms with van der Waals surface area (Å²) >= 11 is 0. The molecule has 5 heterocycles. The molecule has 328 valence electrons. The Hall–Kier alpha value is -6.04. The predicted molar refractivity (Wildman–Crippen MR) is 239 cm³/mol. The zero-order chi connectivity index (χ0) is 44.0. The minimum Gasteiger partial charge on any atom is -0.493 e. The first kappa shape index (κ1) is 42.3. The number of piperazine rings is 1. The number of aromatic amines is 1. The number of piperidine rings is 2. The minimum atomic E-state index is -0.668. The summed E-state index contributed by atoms with van der Waals surface area (Å²) in [4.78, 5) is 80.2. The molecule has 0 spiro atoms. The second-order valence-electron chi connectivity index (χ2n) is 18.2. The number of nitrogens with one attached hydrogen (secondary N) is 3. The largest absolute Gasteiger partial charge is 0.493 e. The first-order valence-electron chi connectivity index (χ1n) is 22.6. The van der Waals surface area contributed by atoms with E-state index in [0.717, 1.165) is 110 Å². The number of imide groups is 1. The average Bonchev–Trinajstić information content (AvgIpc) is 3.85. The van der Waals surface area contributed by atoms with Gasteiger partial charge >= 0.3 is 0 Å². The summed E-state index contributed by atoms with van der Waals surface area (Å²) in [6.07, 6.45) is 4.98. The summed E-state index contributed by atoms with van der Waals surface area (Å²) in [5.41, 5.74) is 8.16. The number of nitrogens with zero attached hydrogens (tertiary/aromatic N) is 5. The van der Waals surface area contributed by atoms with Gasteiger partial charge in [-0.1, -0.05) is 39.0 Å². The lowest BCUT2D eigenvalue weighted by molar-refractivity contribution is -0.137. The van der Waals surface area contributed by atoms with Crippen LogP contribution in [0.3, 0.4) is 0 Å². The van der Waals surface area contributed by atoms with Crippen LogP contribution in [0, 0.1) is 6.57 Å². The van der Waals surface area contributed by atoms with Gasteiger partial charge in [0, 0.05) is 103 Å². The first-order valence-corrected chi connectivity index (χ1v) is 22.6. The number of rotatable bonds is 12. The maximum atomic E-state index is 14.1. The summed E-state index contributed by atoms with van der Waals surface area (Å²) in [6.45, 7) is 21.2. The van der Waals surface area contributed by atoms with Crippen LogP contribution >= 0.6 is 0 Å². The number of aryl methyl sites for hydroxylation is 1. The molecule has 3 N–H and O–H groups in total. The Bertz CT molecular complexity index is 2540. The SMILES string of the molecule is [C-]#[N+]c1ccc2c3c([nH]c2c1)C(C)(C)c1cc(N2CCC(N4CCN(CC(=O)NCCCCOc5cccc6c5CN(C5CCC(=O)NC5=O)C6=O)CC4)CC2)c(CC)cc1C3=O. The van der Waals surface area contributed by atoms with Crippen molar-refractivity contribution in [1.82, 2.24) is 30.3 Å². The van der Waals surface area contributed by atoms with Gasteiger partial charge in [0.1, 0.15) is 11.8 Å². The van der Waals surface area contributed by atoms with Crippen molar-refractivity contribution >= 4 is 51.7 Å². The van der Waals surface area contributed by atoms with Crippen molar-refractivity contribution in [1.29, 1.82) is 0 Å². The van der Waals surface area contributed by atoms with E-state index in [2.05, 4.69) is 68.1 Å². The Morgan fingerprint density at radius 1 is 0.952 bits per heavy atom. The van der Waals surface area contributed by atoms with Crippen LogP contribution in [0.4, 0.5) is 11.4 Å². The van der Waals surface area contributed by atoms with Gasteiger partial charge in [0.15, 0.2) is 11.5 Å². The van der Waals surface area contributed by atoms with Gasteiger partial charge in [0.2, 0.25) is 17.7 Å². The molecule has 1 atom stereocenters. The van der Waals surface area contributed by atoms with Crippen molar-refractivity contribution in [2.75, 3.05) is 63.9 Å². The van der Waals surface area contributed by atoms with E-state index in [1.54, 1.807) is 18.2 Å². The lowest BCUT2D eigenvalue weighted by atomic mass is 9.70. The van der Waals surface area contributed by atoms with Crippen molar-refractivity contribution < 1.29 is 28.7 Å². The van der Waals surface area contributed by atoms with Crippen molar-refractivity contribution in [2.24, 2.45) is 0 Å². The number of unbranched alkanes of at least 4 members (excludes halogenated alkanes) is 1. The van der Waals surface area contributed by atoms with Gasteiger partial charge in [0.25, 0.3) is 5.91 Å². The molecule has 63 heavy (non-hydrogen) atoms. The number of ketones is 1. The summed E-state index contributed by atoms with van der Waals surface area (Å²) in [5, 5.41) is 6.29. The normalized spacial score (nSPS) is 20.3. The van der Waals surface area contributed by atoms with E-state index in [1.807, 2.05) is 18.2 Å². The average molecular weight is 853 g/mol. The number of benzene rings is 3. The molecule has 9 rings (SSSR count). The standard InChI is InChI=1S/C49H56N8O6/c1-5-30-25-35-37(49(2,3)46-44(45(35)60)34-12-11-31(50-4)26-38(34)52-46)27-40(30)56-18-15-32(16-19-56)55-22-20-54(21-23-55)29-43(59)51-17-6-7-24-63-41-10-8-9-33-36(41)28-57(48(33)62)39-13-14-42(58)53-47(39)61/h8-12,25-27,32,39,52H,5-7,13-24,28-29H2,1-3H3,(H,51,59)(H,53,58,61). The molecule has 4 aromatic rings. The van der Waals surface area contributed by atoms with Crippen LogP contribution in [0.1, 0.15) is 108 Å². The highest BCUT2D eigenvalue weighted by atomic mass is 16.5. The molecule has 5 aliphatic rings. The van der Waals surface area contributed by atoms with Crippen LogP contribution in [-0.2, 0) is 32.8 Å². The highest BCUT2D eigenvalue weighted by Crippen LogP contribution is 2.46. The monoisotopic (exact) mass is 852 g/mol. The molecule has 3 aromatic carbocycles. The van der Waals surface area contributed by atoms with Gasteiger partial charge in [-0.2, -0.15) is 0 Å². The lowest BCUT2D eigenvalue weighted by Gasteiger charge is -2.44. The van der Waals surface area contributed by atoms with Crippen LogP contribution in [0.25, 0.3) is 15.7 Å². The molecule has 0 saturated carbocycles. The number of aromatic nitrogens is 1. The molecular formula is C49H56N8O6. The third-order valence-electron chi connectivity index (χ3n) is 14.1. The fraction of sp³-hybridized carbons (Fsp3) is 0.469. The first-order chi connectivity index (χ1) is 30.4. The Morgan fingerprint density at radius 3 is 2.49 bits per heavy atom. The minimum absolute atomic E-state index is 0.0299. The number of anilines is 1. The van der Waals surface area contributed by atoms with E-state index in [0.29, 0.717) is 49.2 Å². The highest BCUT2D eigenvalue weighted by molar-refractivity contribution is 6.20. The number of carbonyl (C=O) groups excluding carboxylic acids is 5. The van der Waals surface area contributed by atoms with Crippen LogP contribution in [0.5, 0.6) is 5.75 Å². The van der Waals surface area contributed by atoms with Crippen LogP contribution in [0.15, 0.2) is 48.5 Å². The summed E-state index contributed by atoms with van der Waals surface area (Å²) < 4.78 is 6.08. The summed E-state index contributed by atoms with van der Waals surface area (Å²) in [6, 6.07) is 15.2. The molecule has 14 nitrogen and oxygen atoms in total. The number of carbonyl (C=O) groups is 5. The molecule has 3 fully saturated rings. The van der Waals surface area contributed by atoms with Crippen LogP contribution < -0.4 is 20.3 Å². The molecule has 4 aliphatic heterocycles. The molecular weight excluding hydrogens is 797 g/mol. The van der Waals surface area contributed by atoms with Gasteiger partial charge in [-0.25, -0.2) is 4.85 Å². The van der Waals surface area contributed by atoms with Crippen molar-refractivity contribution in [2.45, 2.75) is 89.8 Å². The third kappa shape index (κ3) is 7.97. The molecule has 1 aromatic heterocycles. The number of amides is 4. The molecule has 0 radical (unpaired) electrons. The molecule has 0 bridgehead atoms. The lowest BCUT2D eigenvalue weighted by Crippen LogP contribution is -2.54. The van der Waals surface area contributed by atoms with Gasteiger partial charge in [-0.3, -0.25) is 39.1 Å². The number of hydrogen-bond acceptors (Lipinski definition) is 9. The fourth-order valence-corrected chi connectivity index (χ4v) is 10.5. The van der Waals surface area contributed by atoms with Gasteiger partial charge in [-0.05, 0) is 80.0 Å². The maximum absolute atomic E-state index is 14.1. The summed E-state index contributed by atoms with van der Waals surface area (Å²) in [5.74, 6) is -0.266. The van der Waals surface area contributed by atoms with Crippen LogP contribution in [-0.4, -0.2) is 120 Å². The topological polar surface area (TPSA) is 152 Å². The van der Waals surface area contributed by atoms with Gasteiger partial charge in [-0.15, -0.1) is 0 Å². The van der Waals surface area contributed by atoms with Gasteiger partial charge < -0.3 is 24.8 Å². The molecule has 1 aliphatic carbocycles. The quantitative estimate of drug-likeness (QED) is 0.0958. The highest BCUT2D eigenvalue weighted by Gasteiger charge is 2.42. The zero-order valence-corrected chi connectivity index (χ0v) is 36.5. The second kappa shape index (κ2) is 17.3. The molecule has 4 amide bonds. The van der Waals surface area contributed by atoms with Crippen molar-refractivity contribution in [3.05, 3.63) is 99.0 Å². The van der Waals surface area contributed by atoms with Crippen molar-refractivity contribution in [3.63, 3.8) is 0 Å². The molecule has 3 saturated heterocycles. The Labute approximate surface area is 368 Å². The summed E-state index contributed by atoms with van der Waals surface area (Å²) in [7, 11) is 0. The van der Waals surface area contributed by atoms with E-state index < -0.39 is 17.4 Å². The van der Waals surface area contributed by atoms with Crippen molar-refractivity contribution in [3.8, 4) is 5.75 Å². The third-order valence-corrected chi connectivity index (χ3v) is 14.1. The Morgan fingerprint density at radius 2 is 1.75 bits per heavy atom. The van der Waals surface area contributed by atoms with E-state index in [9.17, 15) is 24.0 Å². The van der Waals surface area contributed by atoms with E-state index in [-0.39, 0.29) is 36.5 Å².